The van der Waals surface area contributed by atoms with Crippen LogP contribution < -0.4 is 0 Å². The maximum Gasteiger partial charge on any atom is 0.128 e. The van der Waals surface area contributed by atoms with Crippen molar-refractivity contribution >= 4 is 32.7 Å². The summed E-state index contributed by atoms with van der Waals surface area (Å²) < 4.78 is 6.53. The molecule has 281 valence electrons. The fourth-order valence-corrected chi connectivity index (χ4v) is 7.24. The Hall–Kier alpha value is -4.96. The van der Waals surface area contributed by atoms with Gasteiger partial charge in [-0.2, -0.15) is 0 Å². The molecule has 0 atom stereocenters. The van der Waals surface area contributed by atoms with Crippen LogP contribution in [0, 0.1) is 43.7 Å². The van der Waals surface area contributed by atoms with Crippen LogP contribution in [0.2, 0.25) is 0 Å². The first-order chi connectivity index (χ1) is 25.7. The summed E-state index contributed by atoms with van der Waals surface area (Å²) in [5.74, 6) is 0. The third-order valence-corrected chi connectivity index (χ3v) is 9.69. The molecule has 0 aliphatic heterocycles. The van der Waals surface area contributed by atoms with Crippen molar-refractivity contribution in [2.24, 2.45) is 10.8 Å². The molecule has 0 spiro atoms. The van der Waals surface area contributed by atoms with Gasteiger partial charge in [-0.3, -0.25) is 4.98 Å². The first-order valence-electron chi connectivity index (χ1n) is 18.8. The third kappa shape index (κ3) is 9.13. The second kappa shape index (κ2) is 16.0. The predicted octanol–water partition coefficient (Wildman–Crippen LogP) is 13.3. The van der Waals surface area contributed by atoms with Crippen molar-refractivity contribution in [3.8, 4) is 33.6 Å². The van der Waals surface area contributed by atoms with E-state index in [9.17, 15) is 0 Å². The Labute approximate surface area is 339 Å². The van der Waals surface area contributed by atoms with Crippen molar-refractivity contribution in [3.63, 3.8) is 0 Å². The number of aromatic nitrogens is 3. The normalized spacial score (nSPS) is 11.7. The molecule has 0 fully saturated rings. The van der Waals surface area contributed by atoms with Gasteiger partial charge in [0.1, 0.15) is 5.58 Å². The van der Waals surface area contributed by atoms with Gasteiger partial charge in [-0.1, -0.05) is 107 Å². The van der Waals surface area contributed by atoms with Crippen LogP contribution >= 0.6 is 0 Å². The average Bonchev–Trinajstić information content (AvgIpc) is 3.52. The van der Waals surface area contributed by atoms with Crippen LogP contribution in [0.25, 0.3) is 66.4 Å². The maximum atomic E-state index is 6.53. The molecule has 8 aromatic rings. The summed E-state index contributed by atoms with van der Waals surface area (Å²) in [6, 6.07) is 40.3. The van der Waals surface area contributed by atoms with Crippen LogP contribution in [-0.4, -0.2) is 15.0 Å². The van der Waals surface area contributed by atoms with Crippen molar-refractivity contribution in [2.75, 3.05) is 0 Å². The summed E-state index contributed by atoms with van der Waals surface area (Å²) in [5.41, 5.74) is 14.4. The smallest absolute Gasteiger partial charge is 0.128 e. The molecule has 55 heavy (non-hydrogen) atoms. The molecule has 0 N–H and O–H groups in total. The maximum absolute atomic E-state index is 6.53. The van der Waals surface area contributed by atoms with E-state index in [4.69, 9.17) is 9.40 Å². The molecule has 1 radical (unpaired) electrons. The average molecular weight is 900 g/mol. The van der Waals surface area contributed by atoms with Gasteiger partial charge < -0.3 is 14.4 Å². The van der Waals surface area contributed by atoms with Crippen LogP contribution in [0.3, 0.4) is 0 Å². The summed E-state index contributed by atoms with van der Waals surface area (Å²) in [7, 11) is 0. The monoisotopic (exact) mass is 900 g/mol. The fraction of sp³-hybridized carbons (Fsp3) is 0.260. The van der Waals surface area contributed by atoms with E-state index < -0.39 is 0 Å². The zero-order chi connectivity index (χ0) is 38.2. The first kappa shape index (κ1) is 39.7. The number of pyridine rings is 3. The van der Waals surface area contributed by atoms with Gasteiger partial charge in [-0.25, -0.2) is 0 Å². The Morgan fingerprint density at radius 2 is 1.35 bits per heavy atom. The number of benzene rings is 4. The van der Waals surface area contributed by atoms with Crippen molar-refractivity contribution in [2.45, 2.75) is 75.2 Å². The molecule has 0 unspecified atom stereocenters. The summed E-state index contributed by atoms with van der Waals surface area (Å²) >= 11 is 0. The molecule has 4 aromatic carbocycles. The third-order valence-electron chi connectivity index (χ3n) is 9.69. The molecule has 0 amide bonds. The van der Waals surface area contributed by atoms with E-state index in [2.05, 4.69) is 144 Å². The van der Waals surface area contributed by atoms with Gasteiger partial charge in [0, 0.05) is 60.0 Å². The minimum absolute atomic E-state index is 0. The van der Waals surface area contributed by atoms with Crippen LogP contribution in [0.5, 0.6) is 0 Å². The second-order valence-corrected chi connectivity index (χ2v) is 17.0. The number of fused-ring (bicyclic) bond motifs is 5. The van der Waals surface area contributed by atoms with Gasteiger partial charge in [0.15, 0.2) is 0 Å². The molecule has 0 saturated carbocycles. The van der Waals surface area contributed by atoms with E-state index >= 15 is 0 Å². The number of rotatable bonds is 5. The second-order valence-electron chi connectivity index (χ2n) is 17.0. The molecule has 0 aliphatic rings. The summed E-state index contributed by atoms with van der Waals surface area (Å²) in [4.78, 5) is 13.8. The fourth-order valence-electron chi connectivity index (χ4n) is 7.24. The van der Waals surface area contributed by atoms with E-state index in [1.54, 1.807) is 0 Å². The van der Waals surface area contributed by atoms with E-state index in [1.165, 1.54) is 27.8 Å². The predicted molar refractivity (Wildman–Crippen MR) is 226 cm³/mol. The van der Waals surface area contributed by atoms with Gasteiger partial charge in [-0.15, -0.1) is 54.1 Å². The van der Waals surface area contributed by atoms with Gasteiger partial charge in [0.05, 0.1) is 5.58 Å². The molecule has 0 saturated heterocycles. The van der Waals surface area contributed by atoms with Crippen molar-refractivity contribution in [1.82, 2.24) is 15.0 Å². The molecule has 0 aliphatic carbocycles. The number of furan rings is 1. The molecule has 4 nitrogen and oxygen atoms in total. The first-order valence-corrected chi connectivity index (χ1v) is 18.8. The van der Waals surface area contributed by atoms with E-state index in [1.807, 2.05) is 49.6 Å². The Morgan fingerprint density at radius 3 is 2.05 bits per heavy atom. The minimum atomic E-state index is 0. The number of hydrogen-bond donors (Lipinski definition) is 0. The zero-order valence-electron chi connectivity index (χ0n) is 33.4. The quantitative estimate of drug-likeness (QED) is 0.162. The zero-order valence-corrected chi connectivity index (χ0v) is 35.8. The van der Waals surface area contributed by atoms with Crippen LogP contribution in [0.15, 0.2) is 114 Å². The molecular formula is C50H49IrN3O-2. The largest absolute Gasteiger partial charge is 0.500 e. The van der Waals surface area contributed by atoms with Gasteiger partial charge >= 0.3 is 0 Å². The van der Waals surface area contributed by atoms with Crippen LogP contribution in [0.4, 0.5) is 0 Å². The summed E-state index contributed by atoms with van der Waals surface area (Å²) in [6.07, 6.45) is 5.93. The Bertz CT molecular complexity index is 2590. The van der Waals surface area contributed by atoms with Gasteiger partial charge in [0.25, 0.3) is 0 Å². The molecule has 8 rings (SSSR count). The van der Waals surface area contributed by atoms with E-state index in [0.29, 0.717) is 5.41 Å². The topological polar surface area (TPSA) is 51.8 Å². The standard InChI is InChI=1S/C28H27N2O.C22H22N.Ir/c1-16-15-29-25(13-19(16)14-28(4,5)6)23-9-7-8-21-22-11-10-20-18(3)30-17(2)12-24(20)27(22)31-26(21)23;1-22(2,3)16-17-9-11-18(12-10-17)20-13-14-23-21(15-20)19-7-5-4-6-8-19;/h7-8,10-13,15H,14H2,1-6H3;4-7,9-15H,16H2,1-3H3;/q2*-1;. The Kier molecular flexibility index (Phi) is 11.6. The van der Waals surface area contributed by atoms with E-state index in [-0.39, 0.29) is 25.5 Å². The van der Waals surface area contributed by atoms with Crippen molar-refractivity contribution in [1.29, 1.82) is 0 Å². The summed E-state index contributed by atoms with van der Waals surface area (Å²) in [5, 5.41) is 4.45. The summed E-state index contributed by atoms with van der Waals surface area (Å²) in [6.45, 7) is 19.8. The van der Waals surface area contributed by atoms with E-state index in [0.717, 1.165) is 79.5 Å². The Morgan fingerprint density at radius 1 is 0.618 bits per heavy atom. The molecule has 0 bridgehead atoms. The number of nitrogens with zero attached hydrogens (tertiary/aromatic N) is 3. The number of hydrogen-bond acceptors (Lipinski definition) is 4. The molecule has 5 heteroatoms. The number of aryl methyl sites for hydroxylation is 3. The SMILES string of the molecule is CC(C)(C)Cc1ccc(-c2ccnc(-c3[c-]cccc3)c2)cc1.Cc1cc2c(ccc3c4cc[c-]c(-c5cc(CC(C)(C)C)c(C)cn5)c4oc23)c(C)n1.[Ir]. The van der Waals surface area contributed by atoms with Crippen LogP contribution in [-0.2, 0) is 32.9 Å². The van der Waals surface area contributed by atoms with Crippen LogP contribution in [0.1, 0.15) is 69.6 Å². The van der Waals surface area contributed by atoms with Gasteiger partial charge in [0.2, 0.25) is 0 Å². The van der Waals surface area contributed by atoms with Crippen molar-refractivity contribution in [3.05, 3.63) is 150 Å². The molecular weight excluding hydrogens is 851 g/mol. The minimum Gasteiger partial charge on any atom is -0.500 e. The van der Waals surface area contributed by atoms with Crippen molar-refractivity contribution < 1.29 is 24.5 Å². The molecule has 4 aromatic heterocycles. The van der Waals surface area contributed by atoms with Gasteiger partial charge in [-0.05, 0) is 90.2 Å². The Balaban J connectivity index is 0.000000192. The molecule has 4 heterocycles.